The molecule has 5 nitrogen and oxygen atoms in total. The van der Waals surface area contributed by atoms with E-state index < -0.39 is 0 Å². The van der Waals surface area contributed by atoms with Gasteiger partial charge in [-0.1, -0.05) is 12.1 Å². The molecule has 0 saturated heterocycles. The second-order valence-electron chi connectivity index (χ2n) is 10.5. The third kappa shape index (κ3) is 4.21. The van der Waals surface area contributed by atoms with E-state index in [0.717, 1.165) is 41.9 Å². The van der Waals surface area contributed by atoms with E-state index in [-0.39, 0.29) is 29.8 Å². The van der Waals surface area contributed by atoms with Crippen molar-refractivity contribution >= 4 is 11.8 Å². The van der Waals surface area contributed by atoms with E-state index in [1.807, 2.05) is 24.3 Å². The molecule has 0 radical (unpaired) electrons. The standard InChI is InChI=1S/C25H34N2O3/c1-30-21-6-4-20(5-7-21)24(19-2-3-19)27-23(29)15-26-22(28)14-25-11-16-8-17(12-25)10-18(9-16)13-25/h4-7,16-19,24H,2-3,8-15H2,1H3,(H,26,28)(H,27,29). The maximum atomic E-state index is 12.7. The zero-order valence-corrected chi connectivity index (χ0v) is 18.0. The van der Waals surface area contributed by atoms with Crippen molar-refractivity contribution in [1.82, 2.24) is 10.6 Å². The Morgan fingerprint density at radius 3 is 2.13 bits per heavy atom. The van der Waals surface area contributed by atoms with Crippen LogP contribution in [0.1, 0.15) is 69.4 Å². The first-order valence-electron chi connectivity index (χ1n) is 11.7. The average molecular weight is 411 g/mol. The van der Waals surface area contributed by atoms with Gasteiger partial charge in [-0.05, 0) is 98.1 Å². The Morgan fingerprint density at radius 1 is 1.00 bits per heavy atom. The van der Waals surface area contributed by atoms with Crippen molar-refractivity contribution < 1.29 is 14.3 Å². The number of hydrogen-bond acceptors (Lipinski definition) is 3. The molecule has 0 aromatic heterocycles. The van der Waals surface area contributed by atoms with E-state index in [9.17, 15) is 9.59 Å². The van der Waals surface area contributed by atoms with Crippen molar-refractivity contribution in [2.75, 3.05) is 13.7 Å². The minimum atomic E-state index is -0.0958. The molecule has 162 valence electrons. The van der Waals surface area contributed by atoms with Gasteiger partial charge in [0.05, 0.1) is 19.7 Å². The number of nitrogens with one attached hydrogen (secondary N) is 2. The molecule has 6 rings (SSSR count). The summed E-state index contributed by atoms with van der Waals surface area (Å²) in [6, 6.07) is 7.93. The van der Waals surface area contributed by atoms with Crippen molar-refractivity contribution in [2.45, 2.75) is 63.8 Å². The molecular weight excluding hydrogens is 376 g/mol. The second-order valence-corrected chi connectivity index (χ2v) is 10.5. The third-order valence-electron chi connectivity index (χ3n) is 8.03. The molecule has 1 atom stereocenters. The summed E-state index contributed by atoms with van der Waals surface area (Å²) in [5, 5.41) is 6.07. The lowest BCUT2D eigenvalue weighted by Gasteiger charge is -2.56. The third-order valence-corrected chi connectivity index (χ3v) is 8.03. The molecule has 1 unspecified atom stereocenters. The molecule has 0 aliphatic heterocycles. The summed E-state index contributed by atoms with van der Waals surface area (Å²) in [4.78, 5) is 25.3. The summed E-state index contributed by atoms with van der Waals surface area (Å²) >= 11 is 0. The van der Waals surface area contributed by atoms with Gasteiger partial charge in [-0.3, -0.25) is 9.59 Å². The summed E-state index contributed by atoms with van der Waals surface area (Å²) in [5.74, 6) is 3.80. The van der Waals surface area contributed by atoms with Crippen LogP contribution in [0, 0.1) is 29.1 Å². The lowest BCUT2D eigenvalue weighted by Crippen LogP contribution is -2.48. The minimum absolute atomic E-state index is 0.0171. The maximum Gasteiger partial charge on any atom is 0.239 e. The average Bonchev–Trinajstić information content (AvgIpc) is 3.54. The lowest BCUT2D eigenvalue weighted by atomic mass is 9.49. The highest BCUT2D eigenvalue weighted by molar-refractivity contribution is 5.85. The Labute approximate surface area is 179 Å². The van der Waals surface area contributed by atoms with Crippen molar-refractivity contribution in [3.8, 4) is 5.75 Å². The van der Waals surface area contributed by atoms with Crippen molar-refractivity contribution in [3.05, 3.63) is 29.8 Å². The molecule has 2 amide bonds. The Morgan fingerprint density at radius 2 is 1.60 bits per heavy atom. The van der Waals surface area contributed by atoms with Crippen LogP contribution in [0.15, 0.2) is 24.3 Å². The van der Waals surface area contributed by atoms with Gasteiger partial charge in [0.25, 0.3) is 0 Å². The van der Waals surface area contributed by atoms with Crippen LogP contribution in [-0.2, 0) is 9.59 Å². The van der Waals surface area contributed by atoms with Crippen LogP contribution in [0.25, 0.3) is 0 Å². The first kappa shape index (κ1) is 19.9. The number of methoxy groups -OCH3 is 1. The normalized spacial score (nSPS) is 32.5. The fourth-order valence-corrected chi connectivity index (χ4v) is 7.03. The fourth-order valence-electron chi connectivity index (χ4n) is 7.03. The fraction of sp³-hybridized carbons (Fsp3) is 0.680. The molecule has 2 N–H and O–H groups in total. The first-order valence-corrected chi connectivity index (χ1v) is 11.7. The Kier molecular flexibility index (Phi) is 5.24. The molecule has 0 spiro atoms. The summed E-state index contributed by atoms with van der Waals surface area (Å²) in [5.41, 5.74) is 1.32. The number of carbonyl (C=O) groups excluding carboxylic acids is 2. The molecule has 5 fully saturated rings. The van der Waals surface area contributed by atoms with Crippen molar-refractivity contribution in [2.24, 2.45) is 29.1 Å². The first-order chi connectivity index (χ1) is 14.5. The highest BCUT2D eigenvalue weighted by Gasteiger charge is 2.51. The summed E-state index contributed by atoms with van der Waals surface area (Å²) in [7, 11) is 1.65. The predicted molar refractivity (Wildman–Crippen MR) is 115 cm³/mol. The van der Waals surface area contributed by atoms with Crippen LogP contribution in [-0.4, -0.2) is 25.5 Å². The molecule has 0 heterocycles. The Hall–Kier alpha value is -2.04. The molecule has 1 aromatic rings. The largest absolute Gasteiger partial charge is 0.497 e. The van der Waals surface area contributed by atoms with Crippen LogP contribution in [0.2, 0.25) is 0 Å². The van der Waals surface area contributed by atoms with Gasteiger partial charge in [-0.25, -0.2) is 0 Å². The van der Waals surface area contributed by atoms with Crippen LogP contribution in [0.3, 0.4) is 0 Å². The molecule has 5 saturated carbocycles. The van der Waals surface area contributed by atoms with Crippen LogP contribution in [0.5, 0.6) is 5.75 Å². The van der Waals surface area contributed by atoms with E-state index >= 15 is 0 Å². The van der Waals surface area contributed by atoms with Gasteiger partial charge in [0.2, 0.25) is 11.8 Å². The number of carbonyl (C=O) groups is 2. The summed E-state index contributed by atoms with van der Waals surface area (Å²) in [6.07, 6.45) is 10.7. The zero-order valence-electron chi connectivity index (χ0n) is 18.0. The number of hydrogen-bond donors (Lipinski definition) is 2. The van der Waals surface area contributed by atoms with Gasteiger partial charge < -0.3 is 15.4 Å². The van der Waals surface area contributed by atoms with Gasteiger partial charge in [0.15, 0.2) is 0 Å². The molecule has 5 aliphatic carbocycles. The minimum Gasteiger partial charge on any atom is -0.497 e. The molecule has 5 aliphatic rings. The predicted octanol–water partition coefficient (Wildman–Crippen LogP) is 3.99. The molecule has 5 heteroatoms. The maximum absolute atomic E-state index is 12.7. The van der Waals surface area contributed by atoms with Crippen LogP contribution >= 0.6 is 0 Å². The molecule has 4 bridgehead atoms. The molecule has 30 heavy (non-hydrogen) atoms. The van der Waals surface area contributed by atoms with E-state index in [1.165, 1.54) is 38.5 Å². The van der Waals surface area contributed by atoms with Crippen LogP contribution < -0.4 is 15.4 Å². The van der Waals surface area contributed by atoms with Crippen LogP contribution in [0.4, 0.5) is 0 Å². The number of rotatable bonds is 8. The highest BCUT2D eigenvalue weighted by Crippen LogP contribution is 2.61. The second kappa shape index (κ2) is 7.90. The van der Waals surface area contributed by atoms with Gasteiger partial charge >= 0.3 is 0 Å². The molecule has 1 aromatic carbocycles. The van der Waals surface area contributed by atoms with Gasteiger partial charge in [-0.2, -0.15) is 0 Å². The monoisotopic (exact) mass is 410 g/mol. The SMILES string of the molecule is COc1ccc(C(NC(=O)CNC(=O)CC23CC4CC(CC(C4)C2)C3)C2CC2)cc1. The van der Waals surface area contributed by atoms with Gasteiger partial charge in [0, 0.05) is 6.42 Å². The van der Waals surface area contributed by atoms with E-state index in [4.69, 9.17) is 4.74 Å². The number of amides is 2. The Balaban J connectivity index is 1.13. The van der Waals surface area contributed by atoms with E-state index in [1.54, 1.807) is 7.11 Å². The quantitative estimate of drug-likeness (QED) is 0.681. The Bertz CT molecular complexity index is 764. The number of ether oxygens (including phenoxy) is 1. The summed E-state index contributed by atoms with van der Waals surface area (Å²) < 4.78 is 5.24. The zero-order chi connectivity index (χ0) is 20.7. The lowest BCUT2D eigenvalue weighted by molar-refractivity contribution is -0.132. The highest BCUT2D eigenvalue weighted by atomic mass is 16.5. The summed E-state index contributed by atoms with van der Waals surface area (Å²) in [6.45, 7) is 0.0740. The van der Waals surface area contributed by atoms with Gasteiger partial charge in [0.1, 0.15) is 5.75 Å². The number of benzene rings is 1. The van der Waals surface area contributed by atoms with Crippen molar-refractivity contribution in [3.63, 3.8) is 0 Å². The van der Waals surface area contributed by atoms with E-state index in [2.05, 4.69) is 10.6 Å². The topological polar surface area (TPSA) is 67.4 Å². The van der Waals surface area contributed by atoms with Crippen molar-refractivity contribution in [1.29, 1.82) is 0 Å². The smallest absolute Gasteiger partial charge is 0.239 e. The van der Waals surface area contributed by atoms with Gasteiger partial charge in [-0.15, -0.1) is 0 Å². The van der Waals surface area contributed by atoms with E-state index in [0.29, 0.717) is 12.3 Å². The molecular formula is C25H34N2O3.